The Kier molecular flexibility index (Phi) is 3.72. The summed E-state index contributed by atoms with van der Waals surface area (Å²) in [5.74, 6) is 0.435. The van der Waals surface area contributed by atoms with Crippen LogP contribution in [0.5, 0.6) is 5.75 Å². The molecule has 0 fully saturated rings. The molecule has 0 aliphatic heterocycles. The first-order valence-electron chi connectivity index (χ1n) is 5.36. The van der Waals surface area contributed by atoms with Gasteiger partial charge in [-0.2, -0.15) is 5.10 Å². The van der Waals surface area contributed by atoms with Crippen LogP contribution in [0.15, 0.2) is 35.5 Å². The van der Waals surface area contributed by atoms with Crippen molar-refractivity contribution in [1.29, 1.82) is 0 Å². The van der Waals surface area contributed by atoms with E-state index in [1.165, 1.54) is 37.7 Å². The number of aliphatic hydroxyl groups is 1. The molecule has 0 saturated carbocycles. The molecule has 0 atom stereocenters. The Labute approximate surface area is 110 Å². The van der Waals surface area contributed by atoms with E-state index in [4.69, 9.17) is 4.74 Å². The third-order valence-electron chi connectivity index (χ3n) is 2.48. The van der Waals surface area contributed by atoms with E-state index >= 15 is 0 Å². The Hall–Kier alpha value is -2.06. The number of benzene rings is 1. The van der Waals surface area contributed by atoms with Gasteiger partial charge in [-0.05, 0) is 18.2 Å². The minimum Gasteiger partial charge on any atom is -0.496 e. The molecule has 2 aromatic rings. The predicted octanol–water partition coefficient (Wildman–Crippen LogP) is 0.711. The Morgan fingerprint density at radius 2 is 2.26 bits per heavy atom. The van der Waals surface area contributed by atoms with Crippen molar-refractivity contribution in [3.63, 3.8) is 0 Å². The highest BCUT2D eigenvalue weighted by molar-refractivity contribution is 7.92. The number of hydrogen-bond acceptors (Lipinski definition) is 5. The predicted molar refractivity (Wildman–Crippen MR) is 68.3 cm³/mol. The molecule has 0 unspecified atom stereocenters. The highest BCUT2D eigenvalue weighted by atomic mass is 32.2. The van der Waals surface area contributed by atoms with Gasteiger partial charge in [-0.15, -0.1) is 0 Å². The smallest absolute Gasteiger partial charge is 0.262 e. The van der Waals surface area contributed by atoms with Gasteiger partial charge in [0, 0.05) is 11.8 Å². The maximum Gasteiger partial charge on any atom is 0.262 e. The lowest BCUT2D eigenvalue weighted by molar-refractivity contribution is 0.273. The number of aliphatic hydroxyl groups excluding tert-OH is 1. The summed E-state index contributed by atoms with van der Waals surface area (Å²) < 4.78 is 31.6. The lowest BCUT2D eigenvalue weighted by Crippen LogP contribution is -2.13. The number of aromatic amines is 1. The maximum atomic E-state index is 12.1. The molecule has 0 aliphatic carbocycles. The second-order valence-electron chi connectivity index (χ2n) is 3.72. The number of H-pyrrole nitrogens is 1. The highest BCUT2D eigenvalue weighted by Crippen LogP contribution is 2.23. The minimum absolute atomic E-state index is 0.0403. The second-order valence-corrected chi connectivity index (χ2v) is 5.41. The molecule has 3 N–H and O–H groups in total. The fourth-order valence-electron chi connectivity index (χ4n) is 1.57. The summed E-state index contributed by atoms with van der Waals surface area (Å²) >= 11 is 0. The van der Waals surface area contributed by atoms with Crippen molar-refractivity contribution in [2.45, 2.75) is 11.5 Å². The van der Waals surface area contributed by atoms with E-state index in [9.17, 15) is 13.5 Å². The van der Waals surface area contributed by atoms with Crippen LogP contribution < -0.4 is 9.46 Å². The minimum atomic E-state index is -3.72. The number of sulfonamides is 1. The van der Waals surface area contributed by atoms with Crippen LogP contribution in [0.1, 0.15) is 5.56 Å². The van der Waals surface area contributed by atoms with Gasteiger partial charge in [0.05, 0.1) is 30.5 Å². The van der Waals surface area contributed by atoms with Crippen LogP contribution >= 0.6 is 0 Å². The van der Waals surface area contributed by atoms with E-state index in [2.05, 4.69) is 14.9 Å². The third kappa shape index (κ3) is 2.85. The Morgan fingerprint density at radius 1 is 1.47 bits per heavy atom. The SMILES string of the molecule is COc1ccc(S(=O)(=O)Nc2cn[nH]c2)cc1CO. The van der Waals surface area contributed by atoms with Crippen LogP contribution in [0.3, 0.4) is 0 Å². The molecule has 2 rings (SSSR count). The summed E-state index contributed by atoms with van der Waals surface area (Å²) in [6.45, 7) is -0.307. The van der Waals surface area contributed by atoms with Gasteiger partial charge in [-0.3, -0.25) is 9.82 Å². The van der Waals surface area contributed by atoms with Gasteiger partial charge in [0.2, 0.25) is 0 Å². The molecule has 0 radical (unpaired) electrons. The normalized spacial score (nSPS) is 11.3. The van der Waals surface area contributed by atoms with Crippen LogP contribution in [0.25, 0.3) is 0 Å². The largest absolute Gasteiger partial charge is 0.496 e. The van der Waals surface area contributed by atoms with Gasteiger partial charge in [0.15, 0.2) is 0 Å². The molecule has 102 valence electrons. The fraction of sp³-hybridized carbons (Fsp3) is 0.182. The van der Waals surface area contributed by atoms with Crippen molar-refractivity contribution in [2.75, 3.05) is 11.8 Å². The fourth-order valence-corrected chi connectivity index (χ4v) is 2.65. The van der Waals surface area contributed by atoms with Crippen LogP contribution in [0.2, 0.25) is 0 Å². The highest BCUT2D eigenvalue weighted by Gasteiger charge is 2.16. The topological polar surface area (TPSA) is 104 Å². The summed E-state index contributed by atoms with van der Waals surface area (Å²) in [5.41, 5.74) is 0.735. The van der Waals surface area contributed by atoms with E-state index in [0.717, 1.165) is 0 Å². The van der Waals surface area contributed by atoms with Crippen LogP contribution in [0, 0.1) is 0 Å². The first kappa shape index (κ1) is 13.4. The van der Waals surface area contributed by atoms with Crippen molar-refractivity contribution in [1.82, 2.24) is 10.2 Å². The summed E-state index contributed by atoms with van der Waals surface area (Å²) in [6.07, 6.45) is 2.78. The van der Waals surface area contributed by atoms with Crippen molar-refractivity contribution >= 4 is 15.7 Å². The van der Waals surface area contributed by atoms with E-state index in [1.807, 2.05) is 0 Å². The van der Waals surface area contributed by atoms with Gasteiger partial charge < -0.3 is 9.84 Å². The number of aromatic nitrogens is 2. The zero-order valence-electron chi connectivity index (χ0n) is 10.1. The van der Waals surface area contributed by atoms with Crippen LogP contribution in [0.4, 0.5) is 5.69 Å². The quantitative estimate of drug-likeness (QED) is 0.749. The monoisotopic (exact) mass is 283 g/mol. The summed E-state index contributed by atoms with van der Waals surface area (Å²) in [6, 6.07) is 4.26. The molecule has 1 aromatic carbocycles. The number of nitrogens with zero attached hydrogens (tertiary/aromatic N) is 1. The second kappa shape index (κ2) is 5.29. The average Bonchev–Trinajstić information content (AvgIpc) is 2.89. The van der Waals surface area contributed by atoms with Crippen molar-refractivity contribution < 1.29 is 18.3 Å². The number of nitrogens with one attached hydrogen (secondary N) is 2. The van der Waals surface area contributed by atoms with Crippen molar-refractivity contribution in [2.24, 2.45) is 0 Å². The lowest BCUT2D eigenvalue weighted by Gasteiger charge is -2.10. The molecule has 0 amide bonds. The number of rotatable bonds is 5. The van der Waals surface area contributed by atoms with Crippen LogP contribution in [-0.2, 0) is 16.6 Å². The van der Waals surface area contributed by atoms with E-state index in [1.54, 1.807) is 0 Å². The van der Waals surface area contributed by atoms with Gasteiger partial charge in [0.25, 0.3) is 10.0 Å². The van der Waals surface area contributed by atoms with E-state index < -0.39 is 10.0 Å². The van der Waals surface area contributed by atoms with Crippen molar-refractivity contribution in [3.05, 3.63) is 36.2 Å². The number of hydrogen-bond donors (Lipinski definition) is 3. The molecule has 0 bridgehead atoms. The summed E-state index contributed by atoms with van der Waals surface area (Å²) in [7, 11) is -2.27. The van der Waals surface area contributed by atoms with Gasteiger partial charge >= 0.3 is 0 Å². The van der Waals surface area contributed by atoms with Crippen molar-refractivity contribution in [3.8, 4) is 5.75 Å². The Bertz CT molecular complexity index is 653. The Morgan fingerprint density at radius 3 is 2.84 bits per heavy atom. The number of methoxy groups -OCH3 is 1. The zero-order valence-corrected chi connectivity index (χ0v) is 10.9. The number of ether oxygens (including phenoxy) is 1. The summed E-state index contributed by atoms with van der Waals surface area (Å²) in [4.78, 5) is 0.0403. The van der Waals surface area contributed by atoms with Gasteiger partial charge in [-0.1, -0.05) is 0 Å². The lowest BCUT2D eigenvalue weighted by atomic mass is 10.2. The molecule has 7 nitrogen and oxygen atoms in total. The standard InChI is InChI=1S/C11H13N3O4S/c1-18-11-3-2-10(4-8(11)7-15)19(16,17)14-9-5-12-13-6-9/h2-6,14-15H,7H2,1H3,(H,12,13). The first-order valence-corrected chi connectivity index (χ1v) is 6.84. The van der Waals surface area contributed by atoms with E-state index in [-0.39, 0.29) is 11.5 Å². The van der Waals surface area contributed by atoms with E-state index in [0.29, 0.717) is 17.0 Å². The first-order chi connectivity index (χ1) is 9.06. The molecular formula is C11H13N3O4S. The molecule has 1 heterocycles. The molecular weight excluding hydrogens is 270 g/mol. The molecule has 1 aromatic heterocycles. The maximum absolute atomic E-state index is 12.1. The molecule has 0 saturated heterocycles. The van der Waals surface area contributed by atoms with Gasteiger partial charge in [-0.25, -0.2) is 8.42 Å². The third-order valence-corrected chi connectivity index (χ3v) is 3.86. The number of anilines is 1. The molecule has 0 aliphatic rings. The van der Waals surface area contributed by atoms with Crippen LogP contribution in [-0.4, -0.2) is 30.8 Å². The Balaban J connectivity index is 2.35. The zero-order chi connectivity index (χ0) is 13.9. The van der Waals surface area contributed by atoms with Gasteiger partial charge in [0.1, 0.15) is 5.75 Å². The average molecular weight is 283 g/mol. The molecule has 0 spiro atoms. The molecule has 8 heteroatoms. The summed E-state index contributed by atoms with van der Waals surface area (Å²) in [5, 5.41) is 15.3. The molecule has 19 heavy (non-hydrogen) atoms.